The predicted octanol–water partition coefficient (Wildman–Crippen LogP) is 2.49. The van der Waals surface area contributed by atoms with Gasteiger partial charge in [0.1, 0.15) is 5.04 Å². The van der Waals surface area contributed by atoms with Crippen LogP contribution in [-0.2, 0) is 0 Å². The van der Waals surface area contributed by atoms with E-state index in [1.165, 1.54) is 11.8 Å². The van der Waals surface area contributed by atoms with Crippen molar-refractivity contribution >= 4 is 22.5 Å². The maximum atomic E-state index is 9.25. The molecule has 92 valence electrons. The Morgan fingerprint density at radius 1 is 1.33 bits per heavy atom. The highest BCUT2D eigenvalue weighted by molar-refractivity contribution is 8.14. The molecule has 0 saturated heterocycles. The molecule has 5 heteroatoms. The Balaban J connectivity index is 2.94. The molecule has 1 unspecified atom stereocenters. The molecule has 0 aliphatic carbocycles. The molecule has 4 nitrogen and oxygen atoms in total. The van der Waals surface area contributed by atoms with Crippen LogP contribution in [0.4, 0.5) is 5.69 Å². The van der Waals surface area contributed by atoms with Crippen molar-refractivity contribution in [2.75, 3.05) is 5.75 Å². The van der Waals surface area contributed by atoms with Crippen molar-refractivity contribution in [3.05, 3.63) is 30.3 Å². The van der Waals surface area contributed by atoms with Gasteiger partial charge in [-0.25, -0.2) is 4.99 Å². The summed E-state index contributed by atoms with van der Waals surface area (Å²) in [5.74, 6) is -0.486. The third kappa shape index (κ3) is 4.58. The quantitative estimate of drug-likeness (QED) is 0.665. The molecule has 1 atom stereocenters. The van der Waals surface area contributed by atoms with Gasteiger partial charge in [0.05, 0.1) is 23.9 Å². The van der Waals surface area contributed by atoms with Crippen LogP contribution in [0.1, 0.15) is 6.92 Å². The van der Waals surface area contributed by atoms with E-state index in [0.717, 1.165) is 0 Å². The van der Waals surface area contributed by atoms with Crippen LogP contribution in [0.2, 0.25) is 0 Å². The van der Waals surface area contributed by atoms with E-state index in [2.05, 4.69) is 4.99 Å². The molecule has 18 heavy (non-hydrogen) atoms. The number of aliphatic hydroxyl groups is 1. The standard InChI is InChI=1S/C13H13N3OS/c1-10(17)9-18-13(11(7-14)8-15)16-12-5-3-2-4-6-12/h2-6,10-11,17H,9H2,1H3. The zero-order valence-electron chi connectivity index (χ0n) is 9.95. The van der Waals surface area contributed by atoms with Crippen LogP contribution in [0.25, 0.3) is 0 Å². The highest BCUT2D eigenvalue weighted by Gasteiger charge is 2.16. The van der Waals surface area contributed by atoms with E-state index in [9.17, 15) is 5.11 Å². The fraction of sp³-hybridized carbons (Fsp3) is 0.308. The highest BCUT2D eigenvalue weighted by Crippen LogP contribution is 2.20. The van der Waals surface area contributed by atoms with E-state index >= 15 is 0 Å². The van der Waals surface area contributed by atoms with Gasteiger partial charge in [0.15, 0.2) is 5.92 Å². The summed E-state index contributed by atoms with van der Waals surface area (Å²) in [4.78, 5) is 4.30. The molecule has 0 aliphatic rings. The maximum absolute atomic E-state index is 9.25. The molecule has 0 spiro atoms. The first-order valence-corrected chi connectivity index (χ1v) is 6.39. The second kappa shape index (κ2) is 7.50. The smallest absolute Gasteiger partial charge is 0.181 e. The summed E-state index contributed by atoms with van der Waals surface area (Å²) in [7, 11) is 0. The number of hydrogen-bond acceptors (Lipinski definition) is 5. The van der Waals surface area contributed by atoms with Crippen molar-refractivity contribution in [3.63, 3.8) is 0 Å². The van der Waals surface area contributed by atoms with Gasteiger partial charge in [0.25, 0.3) is 0 Å². The maximum Gasteiger partial charge on any atom is 0.181 e. The first-order chi connectivity index (χ1) is 8.67. The fourth-order valence-electron chi connectivity index (χ4n) is 1.16. The second-order valence-corrected chi connectivity index (χ2v) is 4.68. The number of benzene rings is 1. The molecule has 0 bridgehead atoms. The normalized spacial score (nSPS) is 12.8. The number of rotatable bonds is 4. The zero-order chi connectivity index (χ0) is 13.4. The third-order valence-corrected chi connectivity index (χ3v) is 3.24. The first-order valence-electron chi connectivity index (χ1n) is 5.41. The van der Waals surface area contributed by atoms with Crippen LogP contribution in [0.5, 0.6) is 0 Å². The summed E-state index contributed by atoms with van der Waals surface area (Å²) in [5, 5.41) is 27.5. The topological polar surface area (TPSA) is 80.2 Å². The van der Waals surface area contributed by atoms with Gasteiger partial charge in [-0.15, -0.1) is 11.8 Å². The summed E-state index contributed by atoms with van der Waals surface area (Å²) < 4.78 is 0. The summed E-state index contributed by atoms with van der Waals surface area (Å²) in [5.41, 5.74) is 0.695. The predicted molar refractivity (Wildman–Crippen MR) is 72.4 cm³/mol. The van der Waals surface area contributed by atoms with E-state index in [0.29, 0.717) is 16.5 Å². The number of thioether (sulfide) groups is 1. The Morgan fingerprint density at radius 3 is 2.44 bits per heavy atom. The fourth-order valence-corrected chi connectivity index (χ4v) is 2.01. The van der Waals surface area contributed by atoms with Crippen molar-refractivity contribution in [1.82, 2.24) is 0 Å². The molecule has 0 radical (unpaired) electrons. The number of hydrogen-bond donors (Lipinski definition) is 1. The van der Waals surface area contributed by atoms with Crippen molar-refractivity contribution < 1.29 is 5.11 Å². The van der Waals surface area contributed by atoms with Crippen molar-refractivity contribution in [2.24, 2.45) is 10.9 Å². The second-order valence-electron chi connectivity index (χ2n) is 3.64. The number of nitrogens with zero attached hydrogens (tertiary/aromatic N) is 3. The van der Waals surface area contributed by atoms with Gasteiger partial charge in [-0.3, -0.25) is 0 Å². The van der Waals surface area contributed by atoms with Gasteiger partial charge in [0.2, 0.25) is 0 Å². The molecule has 0 saturated carbocycles. The molecule has 1 rings (SSSR count). The van der Waals surface area contributed by atoms with Gasteiger partial charge in [-0.2, -0.15) is 10.5 Å². The van der Waals surface area contributed by atoms with Gasteiger partial charge >= 0.3 is 0 Å². The van der Waals surface area contributed by atoms with Crippen LogP contribution < -0.4 is 0 Å². The monoisotopic (exact) mass is 259 g/mol. The van der Waals surface area contributed by atoms with Gasteiger partial charge in [-0.1, -0.05) is 18.2 Å². The van der Waals surface area contributed by atoms with Crippen molar-refractivity contribution in [1.29, 1.82) is 10.5 Å². The van der Waals surface area contributed by atoms with Crippen LogP contribution >= 0.6 is 11.8 Å². The summed E-state index contributed by atoms with van der Waals surface area (Å²) >= 11 is 1.24. The van der Waals surface area contributed by atoms with E-state index in [4.69, 9.17) is 10.5 Å². The number of aliphatic hydroxyl groups excluding tert-OH is 1. The molecule has 1 N–H and O–H groups in total. The summed E-state index contributed by atoms with van der Waals surface area (Å²) in [6.45, 7) is 1.65. The minimum absolute atomic E-state index is 0.408. The van der Waals surface area contributed by atoms with Crippen LogP contribution in [0, 0.1) is 28.6 Å². The zero-order valence-corrected chi connectivity index (χ0v) is 10.8. The van der Waals surface area contributed by atoms with Gasteiger partial charge in [0, 0.05) is 5.75 Å². The van der Waals surface area contributed by atoms with Crippen LogP contribution in [0.15, 0.2) is 35.3 Å². The number of nitriles is 2. The molecule has 0 amide bonds. The molecule has 1 aromatic rings. The Kier molecular flexibility index (Phi) is 5.93. The minimum Gasteiger partial charge on any atom is -0.393 e. The average Bonchev–Trinajstić information content (AvgIpc) is 2.38. The molecule has 1 aromatic carbocycles. The average molecular weight is 259 g/mol. The number of para-hydroxylation sites is 1. The lowest BCUT2D eigenvalue weighted by Gasteiger charge is -2.08. The molecular weight excluding hydrogens is 246 g/mol. The SMILES string of the molecule is CC(O)CSC(=Nc1ccccc1)C(C#N)C#N. The van der Waals surface area contributed by atoms with Crippen LogP contribution in [0.3, 0.4) is 0 Å². The Labute approximate surface area is 111 Å². The Bertz CT molecular complexity index is 471. The molecule has 0 aliphatic heterocycles. The Morgan fingerprint density at radius 2 is 1.94 bits per heavy atom. The molecule has 0 heterocycles. The molecule has 0 aromatic heterocycles. The van der Waals surface area contributed by atoms with E-state index in [1.54, 1.807) is 19.1 Å². The summed E-state index contributed by atoms with van der Waals surface area (Å²) in [6.07, 6.45) is -0.506. The van der Waals surface area contributed by atoms with E-state index in [1.807, 2.05) is 30.3 Å². The molecule has 0 fully saturated rings. The first kappa shape index (κ1) is 14.2. The van der Waals surface area contributed by atoms with E-state index < -0.39 is 12.0 Å². The minimum atomic E-state index is -0.894. The van der Waals surface area contributed by atoms with Gasteiger partial charge < -0.3 is 5.11 Å². The third-order valence-electron chi connectivity index (χ3n) is 1.97. The van der Waals surface area contributed by atoms with Gasteiger partial charge in [-0.05, 0) is 19.1 Å². The lowest BCUT2D eigenvalue weighted by Crippen LogP contribution is -2.12. The highest BCUT2D eigenvalue weighted by atomic mass is 32.2. The van der Waals surface area contributed by atoms with Crippen molar-refractivity contribution in [3.8, 4) is 12.1 Å². The lowest BCUT2D eigenvalue weighted by molar-refractivity contribution is 0.220. The summed E-state index contributed by atoms with van der Waals surface area (Å²) in [6, 6.07) is 12.9. The van der Waals surface area contributed by atoms with Crippen LogP contribution in [-0.4, -0.2) is 22.0 Å². The molecular formula is C13H13N3OS. The lowest BCUT2D eigenvalue weighted by atomic mass is 10.2. The van der Waals surface area contributed by atoms with Crippen molar-refractivity contribution in [2.45, 2.75) is 13.0 Å². The number of aliphatic imine (C=N–C) groups is 1. The van der Waals surface area contributed by atoms with E-state index in [-0.39, 0.29) is 0 Å². The largest absolute Gasteiger partial charge is 0.393 e. The Hall–Kier alpha value is -1.82.